The van der Waals surface area contributed by atoms with Crippen LogP contribution in [0, 0.1) is 16.0 Å². The molecule has 0 saturated heterocycles. The van der Waals surface area contributed by atoms with E-state index in [0.29, 0.717) is 17.6 Å². The van der Waals surface area contributed by atoms with Gasteiger partial charge in [-0.05, 0) is 37.3 Å². The summed E-state index contributed by atoms with van der Waals surface area (Å²) in [6, 6.07) is 5.40. The lowest BCUT2D eigenvalue weighted by Gasteiger charge is -2.30. The Kier molecular flexibility index (Phi) is 5.40. The Bertz CT molecular complexity index is 473. The monoisotopic (exact) mass is 340 g/mol. The Morgan fingerprint density at radius 1 is 1.40 bits per heavy atom. The summed E-state index contributed by atoms with van der Waals surface area (Å²) in [6.07, 6.45) is 7.34. The number of rotatable bonds is 5. The summed E-state index contributed by atoms with van der Waals surface area (Å²) in [5.41, 5.74) is 0.782. The molecule has 1 unspecified atom stereocenters. The molecule has 4 nitrogen and oxygen atoms in total. The molecule has 0 amide bonds. The topological polar surface area (TPSA) is 55.2 Å². The quantitative estimate of drug-likeness (QED) is 0.597. The molecule has 110 valence electrons. The van der Waals surface area contributed by atoms with E-state index in [1.165, 1.54) is 32.1 Å². The number of anilines is 1. The first-order valence-corrected chi connectivity index (χ1v) is 8.11. The third kappa shape index (κ3) is 3.72. The molecule has 1 atom stereocenters. The summed E-state index contributed by atoms with van der Waals surface area (Å²) in [4.78, 5) is 10.8. The molecule has 1 aliphatic carbocycles. The molecule has 0 aromatic heterocycles. The predicted octanol–water partition coefficient (Wildman–Crippen LogP) is 5.13. The highest BCUT2D eigenvalue weighted by Gasteiger charge is 2.24. The van der Waals surface area contributed by atoms with Gasteiger partial charge in [0.15, 0.2) is 0 Å². The highest BCUT2D eigenvalue weighted by Crippen LogP contribution is 2.33. The molecule has 1 aliphatic rings. The Hall–Kier alpha value is -1.10. The molecule has 0 radical (unpaired) electrons. The molecule has 20 heavy (non-hydrogen) atoms. The van der Waals surface area contributed by atoms with Crippen LogP contribution in [-0.2, 0) is 0 Å². The number of nitrogens with zero attached hydrogens (tertiary/aromatic N) is 1. The normalized spacial score (nSPS) is 17.7. The minimum atomic E-state index is -0.317. The van der Waals surface area contributed by atoms with E-state index in [4.69, 9.17) is 0 Å². The van der Waals surface area contributed by atoms with Crippen molar-refractivity contribution in [2.24, 2.45) is 5.92 Å². The van der Waals surface area contributed by atoms with Gasteiger partial charge in [-0.1, -0.05) is 42.1 Å². The van der Waals surface area contributed by atoms with E-state index in [2.05, 4.69) is 28.2 Å². The fraction of sp³-hybridized carbons (Fsp3) is 0.600. The second-order valence-electron chi connectivity index (χ2n) is 5.48. The highest BCUT2D eigenvalue weighted by molar-refractivity contribution is 9.10. The molecule has 0 aliphatic heterocycles. The summed E-state index contributed by atoms with van der Waals surface area (Å²) in [6.45, 7) is 2.15. The van der Waals surface area contributed by atoms with Crippen molar-refractivity contribution in [3.63, 3.8) is 0 Å². The number of nitro benzene ring substituents is 1. The molecule has 1 aromatic carbocycles. The second-order valence-corrected chi connectivity index (χ2v) is 6.39. The Labute approximate surface area is 128 Å². The minimum Gasteiger partial charge on any atom is -0.376 e. The SMILES string of the molecule is CCC(Nc1cc(Br)ccc1[N+](=O)[O-])C1CCCCC1. The van der Waals surface area contributed by atoms with Crippen LogP contribution in [0.1, 0.15) is 45.4 Å². The number of hydrogen-bond acceptors (Lipinski definition) is 3. The Balaban J connectivity index is 2.17. The fourth-order valence-corrected chi connectivity index (χ4v) is 3.43. The van der Waals surface area contributed by atoms with Crippen molar-refractivity contribution in [2.45, 2.75) is 51.5 Å². The van der Waals surface area contributed by atoms with Gasteiger partial charge in [0.05, 0.1) is 4.92 Å². The van der Waals surface area contributed by atoms with Crippen molar-refractivity contribution >= 4 is 27.3 Å². The first kappa shape index (κ1) is 15.3. The maximum absolute atomic E-state index is 11.1. The fourth-order valence-electron chi connectivity index (χ4n) is 3.07. The maximum atomic E-state index is 11.1. The molecule has 0 bridgehead atoms. The van der Waals surface area contributed by atoms with Crippen LogP contribution >= 0.6 is 15.9 Å². The van der Waals surface area contributed by atoms with Gasteiger partial charge in [0, 0.05) is 16.6 Å². The molecule has 1 saturated carbocycles. The summed E-state index contributed by atoms with van der Waals surface area (Å²) >= 11 is 3.39. The highest BCUT2D eigenvalue weighted by atomic mass is 79.9. The van der Waals surface area contributed by atoms with Crippen LogP contribution in [0.3, 0.4) is 0 Å². The number of halogens is 1. The molecule has 0 heterocycles. The van der Waals surface area contributed by atoms with Gasteiger partial charge < -0.3 is 5.32 Å². The van der Waals surface area contributed by atoms with Crippen molar-refractivity contribution in [3.05, 3.63) is 32.8 Å². The Morgan fingerprint density at radius 3 is 2.70 bits per heavy atom. The smallest absolute Gasteiger partial charge is 0.292 e. The van der Waals surface area contributed by atoms with Crippen LogP contribution in [-0.4, -0.2) is 11.0 Å². The van der Waals surface area contributed by atoms with Crippen LogP contribution in [0.2, 0.25) is 0 Å². The molecule has 5 heteroatoms. The van der Waals surface area contributed by atoms with E-state index in [9.17, 15) is 10.1 Å². The van der Waals surface area contributed by atoms with Gasteiger partial charge in [-0.3, -0.25) is 10.1 Å². The average Bonchev–Trinajstić information content (AvgIpc) is 2.45. The van der Waals surface area contributed by atoms with E-state index < -0.39 is 0 Å². The van der Waals surface area contributed by atoms with E-state index in [-0.39, 0.29) is 10.6 Å². The Morgan fingerprint density at radius 2 is 2.10 bits per heavy atom. The van der Waals surface area contributed by atoms with Gasteiger partial charge in [0.25, 0.3) is 5.69 Å². The van der Waals surface area contributed by atoms with Gasteiger partial charge >= 0.3 is 0 Å². The van der Waals surface area contributed by atoms with Crippen LogP contribution in [0.15, 0.2) is 22.7 Å². The van der Waals surface area contributed by atoms with Crippen LogP contribution in [0.25, 0.3) is 0 Å². The number of hydrogen-bond donors (Lipinski definition) is 1. The number of nitro groups is 1. The standard InChI is InChI=1S/C15H21BrN2O2/c1-2-13(11-6-4-3-5-7-11)17-14-10-12(16)8-9-15(14)18(19)20/h8-11,13,17H,2-7H2,1H3. The van der Waals surface area contributed by atoms with Crippen LogP contribution in [0.4, 0.5) is 11.4 Å². The number of benzene rings is 1. The summed E-state index contributed by atoms with van der Waals surface area (Å²) in [5, 5.41) is 14.5. The average molecular weight is 341 g/mol. The molecule has 0 spiro atoms. The molecule has 1 fully saturated rings. The van der Waals surface area contributed by atoms with E-state index >= 15 is 0 Å². The largest absolute Gasteiger partial charge is 0.376 e. The van der Waals surface area contributed by atoms with E-state index in [1.54, 1.807) is 12.1 Å². The number of nitrogens with one attached hydrogen (secondary N) is 1. The van der Waals surface area contributed by atoms with Crippen molar-refractivity contribution in [2.75, 3.05) is 5.32 Å². The molecular formula is C15H21BrN2O2. The lowest BCUT2D eigenvalue weighted by Crippen LogP contribution is -2.30. The van der Waals surface area contributed by atoms with Gasteiger partial charge in [-0.15, -0.1) is 0 Å². The molecule has 2 rings (SSSR count). The maximum Gasteiger partial charge on any atom is 0.292 e. The summed E-state index contributed by atoms with van der Waals surface area (Å²) in [5.74, 6) is 0.632. The van der Waals surface area contributed by atoms with Crippen LogP contribution in [0.5, 0.6) is 0 Å². The van der Waals surface area contributed by atoms with Crippen molar-refractivity contribution in [3.8, 4) is 0 Å². The molecule has 1 aromatic rings. The first-order valence-electron chi connectivity index (χ1n) is 7.32. The lowest BCUT2D eigenvalue weighted by atomic mass is 9.83. The minimum absolute atomic E-state index is 0.155. The van der Waals surface area contributed by atoms with Crippen molar-refractivity contribution in [1.29, 1.82) is 0 Å². The van der Waals surface area contributed by atoms with Gasteiger partial charge in [-0.2, -0.15) is 0 Å². The third-order valence-electron chi connectivity index (χ3n) is 4.15. The lowest BCUT2D eigenvalue weighted by molar-refractivity contribution is -0.384. The van der Waals surface area contributed by atoms with Crippen molar-refractivity contribution < 1.29 is 4.92 Å². The summed E-state index contributed by atoms with van der Waals surface area (Å²) < 4.78 is 0.865. The zero-order chi connectivity index (χ0) is 14.5. The third-order valence-corrected chi connectivity index (χ3v) is 4.65. The van der Waals surface area contributed by atoms with E-state index in [1.807, 2.05) is 6.07 Å². The molecule has 1 N–H and O–H groups in total. The second kappa shape index (κ2) is 7.07. The van der Waals surface area contributed by atoms with Gasteiger partial charge in [0.1, 0.15) is 5.69 Å². The predicted molar refractivity (Wildman–Crippen MR) is 85.1 cm³/mol. The van der Waals surface area contributed by atoms with E-state index in [0.717, 1.165) is 10.9 Å². The summed E-state index contributed by atoms with van der Waals surface area (Å²) in [7, 11) is 0. The van der Waals surface area contributed by atoms with Crippen molar-refractivity contribution in [1.82, 2.24) is 0 Å². The van der Waals surface area contributed by atoms with Crippen LogP contribution < -0.4 is 5.32 Å². The first-order chi connectivity index (χ1) is 9.61. The zero-order valence-corrected chi connectivity index (χ0v) is 13.4. The van der Waals surface area contributed by atoms with Gasteiger partial charge in [-0.25, -0.2) is 0 Å². The van der Waals surface area contributed by atoms with Gasteiger partial charge in [0.2, 0.25) is 0 Å². The molecular weight excluding hydrogens is 320 g/mol. The zero-order valence-electron chi connectivity index (χ0n) is 11.8.